The number of carbonyl (C=O) groups excluding carboxylic acids is 2. The average molecular weight is 283 g/mol. The van der Waals surface area contributed by atoms with Gasteiger partial charge in [-0.3, -0.25) is 14.9 Å². The van der Waals surface area contributed by atoms with Gasteiger partial charge >= 0.3 is 0 Å². The lowest BCUT2D eigenvalue weighted by Gasteiger charge is -2.05. The molecule has 5 nitrogen and oxygen atoms in total. The summed E-state index contributed by atoms with van der Waals surface area (Å²) in [6.45, 7) is 0.570. The Morgan fingerprint density at radius 2 is 1.95 bits per heavy atom. The van der Waals surface area contributed by atoms with Crippen LogP contribution in [0.25, 0.3) is 0 Å². The highest BCUT2D eigenvalue weighted by atomic mass is 32.1. The molecule has 0 saturated carbocycles. The lowest BCUT2D eigenvalue weighted by Crippen LogP contribution is -2.19. The second-order valence-electron chi connectivity index (χ2n) is 4.27. The molecule has 2 amide bonds. The minimum Gasteiger partial charge on any atom is -0.380 e. The summed E-state index contributed by atoms with van der Waals surface area (Å²) in [5.74, 6) is -0.718. The van der Waals surface area contributed by atoms with Crippen molar-refractivity contribution in [2.75, 3.05) is 5.32 Å². The van der Waals surface area contributed by atoms with Gasteiger partial charge in [0.1, 0.15) is 10.9 Å². The van der Waals surface area contributed by atoms with E-state index in [0.29, 0.717) is 22.5 Å². The average Bonchev–Trinajstić information content (AvgIpc) is 3.02. The number of thiophene rings is 1. The maximum absolute atomic E-state index is 11.6. The van der Waals surface area contributed by atoms with Crippen LogP contribution in [0.3, 0.4) is 0 Å². The van der Waals surface area contributed by atoms with Gasteiger partial charge in [0.05, 0.1) is 11.1 Å². The van der Waals surface area contributed by atoms with E-state index in [2.05, 4.69) is 16.7 Å². The summed E-state index contributed by atoms with van der Waals surface area (Å²) in [7, 11) is 0. The fraction of sp³-hybridized carbons (Fsp3) is 0.0714. The first kappa shape index (κ1) is 12.4. The van der Waals surface area contributed by atoms with E-state index in [-0.39, 0.29) is 11.8 Å². The maximum atomic E-state index is 11.6. The molecule has 98 valence electrons. The van der Waals surface area contributed by atoms with E-state index >= 15 is 0 Å². The Morgan fingerprint density at radius 3 is 2.70 bits per heavy atom. The molecule has 1 aromatic carbocycles. The van der Waals surface area contributed by atoms with Gasteiger partial charge in [0.15, 0.2) is 0 Å². The SMILES string of the molecule is N#Cc1ccc(CNc2ccc3c(c2)C(=O)NC3=O)s1. The van der Waals surface area contributed by atoms with Crippen molar-refractivity contribution in [1.29, 1.82) is 5.26 Å². The van der Waals surface area contributed by atoms with Crippen molar-refractivity contribution in [3.63, 3.8) is 0 Å². The van der Waals surface area contributed by atoms with Crippen LogP contribution in [-0.4, -0.2) is 11.8 Å². The van der Waals surface area contributed by atoms with E-state index < -0.39 is 0 Å². The zero-order valence-electron chi connectivity index (χ0n) is 10.3. The van der Waals surface area contributed by atoms with Gasteiger partial charge in [-0.05, 0) is 30.3 Å². The van der Waals surface area contributed by atoms with Gasteiger partial charge in [0, 0.05) is 17.1 Å². The van der Waals surface area contributed by atoms with E-state index in [0.717, 1.165) is 10.6 Å². The van der Waals surface area contributed by atoms with Crippen LogP contribution in [0.5, 0.6) is 0 Å². The van der Waals surface area contributed by atoms with Crippen LogP contribution < -0.4 is 10.6 Å². The molecule has 20 heavy (non-hydrogen) atoms. The summed E-state index contributed by atoms with van der Waals surface area (Å²) in [5, 5.41) is 14.2. The molecule has 2 N–H and O–H groups in total. The Balaban J connectivity index is 1.76. The van der Waals surface area contributed by atoms with Crippen molar-refractivity contribution in [1.82, 2.24) is 5.32 Å². The minimum atomic E-state index is -0.364. The molecule has 6 heteroatoms. The molecule has 1 aliphatic rings. The molecule has 0 spiro atoms. The number of amides is 2. The van der Waals surface area contributed by atoms with Crippen LogP contribution in [-0.2, 0) is 6.54 Å². The van der Waals surface area contributed by atoms with Gasteiger partial charge in [-0.15, -0.1) is 11.3 Å². The third-order valence-corrected chi connectivity index (χ3v) is 3.96. The van der Waals surface area contributed by atoms with Crippen molar-refractivity contribution >= 4 is 28.8 Å². The number of hydrogen-bond acceptors (Lipinski definition) is 5. The van der Waals surface area contributed by atoms with Gasteiger partial charge < -0.3 is 5.32 Å². The molecule has 0 fully saturated rings. The van der Waals surface area contributed by atoms with Crippen LogP contribution in [0, 0.1) is 11.3 Å². The van der Waals surface area contributed by atoms with Gasteiger partial charge in [-0.2, -0.15) is 5.26 Å². The molecule has 0 saturated heterocycles. The first-order valence-corrected chi connectivity index (χ1v) is 6.71. The lowest BCUT2D eigenvalue weighted by atomic mass is 10.1. The molecule has 1 aromatic heterocycles. The number of hydrogen-bond donors (Lipinski definition) is 2. The highest BCUT2D eigenvalue weighted by molar-refractivity contribution is 7.12. The van der Waals surface area contributed by atoms with E-state index in [1.807, 2.05) is 6.07 Å². The Hall–Kier alpha value is -2.65. The summed E-state index contributed by atoms with van der Waals surface area (Å²) >= 11 is 1.42. The first-order valence-electron chi connectivity index (χ1n) is 5.90. The smallest absolute Gasteiger partial charge is 0.259 e. The van der Waals surface area contributed by atoms with Crippen LogP contribution in [0.15, 0.2) is 30.3 Å². The highest BCUT2D eigenvalue weighted by Crippen LogP contribution is 2.22. The second-order valence-corrected chi connectivity index (χ2v) is 5.44. The maximum Gasteiger partial charge on any atom is 0.259 e. The van der Waals surface area contributed by atoms with Crippen LogP contribution in [0.4, 0.5) is 5.69 Å². The van der Waals surface area contributed by atoms with Crippen molar-refractivity contribution in [2.45, 2.75) is 6.54 Å². The molecular formula is C14H9N3O2S. The molecule has 0 unspecified atom stereocenters. The zero-order chi connectivity index (χ0) is 14.1. The van der Waals surface area contributed by atoms with Crippen molar-refractivity contribution in [2.24, 2.45) is 0 Å². The zero-order valence-corrected chi connectivity index (χ0v) is 11.1. The van der Waals surface area contributed by atoms with Crippen molar-refractivity contribution < 1.29 is 9.59 Å². The number of carbonyl (C=O) groups is 2. The predicted octanol–water partition coefficient (Wildman–Crippen LogP) is 2.12. The number of nitrogens with zero attached hydrogens (tertiary/aromatic N) is 1. The Kier molecular flexibility index (Phi) is 2.97. The number of benzene rings is 1. The fourth-order valence-corrected chi connectivity index (χ4v) is 2.74. The lowest BCUT2D eigenvalue weighted by molar-refractivity contribution is 0.0879. The molecule has 2 aromatic rings. The van der Waals surface area contributed by atoms with Gasteiger partial charge in [-0.1, -0.05) is 0 Å². The van der Waals surface area contributed by atoms with E-state index in [1.54, 1.807) is 24.3 Å². The number of anilines is 1. The van der Waals surface area contributed by atoms with Gasteiger partial charge in [0.2, 0.25) is 0 Å². The molecule has 0 radical (unpaired) electrons. The number of imide groups is 1. The quantitative estimate of drug-likeness (QED) is 0.845. The molecule has 1 aliphatic heterocycles. The van der Waals surface area contributed by atoms with E-state index in [4.69, 9.17) is 5.26 Å². The van der Waals surface area contributed by atoms with Crippen molar-refractivity contribution in [3.8, 4) is 6.07 Å². The summed E-state index contributed by atoms with van der Waals surface area (Å²) in [6.07, 6.45) is 0. The van der Waals surface area contributed by atoms with Gasteiger partial charge in [-0.25, -0.2) is 0 Å². The molecule has 3 rings (SSSR count). The van der Waals surface area contributed by atoms with Crippen molar-refractivity contribution in [3.05, 3.63) is 51.2 Å². The number of nitrogens with one attached hydrogen (secondary N) is 2. The fourth-order valence-electron chi connectivity index (χ4n) is 2.00. The molecular weight excluding hydrogens is 274 g/mol. The molecule has 0 bridgehead atoms. The predicted molar refractivity (Wildman–Crippen MR) is 74.6 cm³/mol. The third kappa shape index (κ3) is 2.15. The number of fused-ring (bicyclic) bond motifs is 1. The van der Waals surface area contributed by atoms with Crippen LogP contribution >= 0.6 is 11.3 Å². The number of rotatable bonds is 3. The summed E-state index contributed by atoms with van der Waals surface area (Å²) in [5.41, 5.74) is 1.56. The van der Waals surface area contributed by atoms with Gasteiger partial charge in [0.25, 0.3) is 11.8 Å². The summed E-state index contributed by atoms with van der Waals surface area (Å²) in [4.78, 5) is 24.7. The summed E-state index contributed by atoms with van der Waals surface area (Å²) in [6, 6.07) is 10.8. The Bertz CT molecular complexity index is 758. The van der Waals surface area contributed by atoms with Crippen LogP contribution in [0.2, 0.25) is 0 Å². The number of nitriles is 1. The monoisotopic (exact) mass is 283 g/mol. The normalized spacial score (nSPS) is 12.8. The van der Waals surface area contributed by atoms with Crippen LogP contribution in [0.1, 0.15) is 30.5 Å². The van der Waals surface area contributed by atoms with E-state index in [9.17, 15) is 9.59 Å². The molecule has 2 heterocycles. The third-order valence-electron chi connectivity index (χ3n) is 2.97. The second kappa shape index (κ2) is 4.79. The molecule has 0 atom stereocenters. The Labute approximate surface area is 118 Å². The summed E-state index contributed by atoms with van der Waals surface area (Å²) < 4.78 is 0. The minimum absolute atomic E-state index is 0.353. The highest BCUT2D eigenvalue weighted by Gasteiger charge is 2.26. The molecule has 0 aliphatic carbocycles. The van der Waals surface area contributed by atoms with E-state index in [1.165, 1.54) is 11.3 Å². The topological polar surface area (TPSA) is 82.0 Å². The standard InChI is InChI=1S/C14H9N3O2S/c15-6-9-2-3-10(20-9)7-16-8-1-4-11-12(5-8)14(19)17-13(11)18/h1-5,16H,7H2,(H,17,18,19). The Morgan fingerprint density at radius 1 is 1.15 bits per heavy atom. The first-order chi connectivity index (χ1) is 9.67. The largest absolute Gasteiger partial charge is 0.380 e.